The largest absolute Gasteiger partial charge is 0.399 e. The van der Waals surface area contributed by atoms with E-state index in [0.29, 0.717) is 0 Å². The first kappa shape index (κ1) is 13.4. The number of hydrogen-bond acceptors (Lipinski definition) is 4. The predicted molar refractivity (Wildman–Crippen MR) is 59.9 cm³/mol. The van der Waals surface area contributed by atoms with Gasteiger partial charge in [-0.2, -0.15) is 0 Å². The normalized spacial score (nSPS) is 11.4. The Morgan fingerprint density at radius 2 is 2.06 bits per heavy atom. The number of rotatable bonds is 4. The van der Waals surface area contributed by atoms with Crippen LogP contribution in [-0.2, 0) is 14.8 Å². The monoisotopic (exact) mass is 261 g/mol. The van der Waals surface area contributed by atoms with Crippen molar-refractivity contribution in [2.75, 3.05) is 12.3 Å². The summed E-state index contributed by atoms with van der Waals surface area (Å²) in [7, 11) is -4.14. The molecule has 1 amide bonds. The Morgan fingerprint density at radius 3 is 2.59 bits per heavy atom. The second-order valence-corrected chi connectivity index (χ2v) is 5.18. The van der Waals surface area contributed by atoms with Gasteiger partial charge in [-0.25, -0.2) is 17.5 Å². The van der Waals surface area contributed by atoms with Gasteiger partial charge in [-0.15, -0.1) is 0 Å². The second kappa shape index (κ2) is 4.68. The van der Waals surface area contributed by atoms with E-state index in [2.05, 4.69) is 0 Å². The number of carbonyl (C=O) groups excluding carboxylic acids is 1. The Bertz CT molecular complexity index is 557. The van der Waals surface area contributed by atoms with Crippen molar-refractivity contribution in [2.24, 2.45) is 5.73 Å². The Kier molecular flexibility index (Phi) is 3.69. The molecule has 0 spiro atoms. The number of benzene rings is 1. The molecule has 0 saturated carbocycles. The minimum atomic E-state index is -4.14. The smallest absolute Gasteiger partial charge is 0.244 e. The lowest BCUT2D eigenvalue weighted by Crippen LogP contribution is -2.33. The fourth-order valence-corrected chi connectivity index (χ4v) is 2.38. The summed E-state index contributed by atoms with van der Waals surface area (Å²) in [5.41, 5.74) is 10.4. The summed E-state index contributed by atoms with van der Waals surface area (Å²) >= 11 is 0. The Balaban J connectivity index is 3.19. The van der Waals surface area contributed by atoms with Gasteiger partial charge in [-0.1, -0.05) is 0 Å². The van der Waals surface area contributed by atoms with Crippen LogP contribution in [0.15, 0.2) is 17.0 Å². The van der Waals surface area contributed by atoms with Crippen molar-refractivity contribution < 1.29 is 17.6 Å². The van der Waals surface area contributed by atoms with E-state index in [1.165, 1.54) is 13.0 Å². The third-order valence-corrected chi connectivity index (χ3v) is 3.37. The zero-order valence-corrected chi connectivity index (χ0v) is 9.84. The fraction of sp³-hybridized carbons (Fsp3) is 0.222. The third-order valence-electron chi connectivity index (χ3n) is 1.97. The van der Waals surface area contributed by atoms with Crippen molar-refractivity contribution in [1.29, 1.82) is 0 Å². The molecule has 0 unspecified atom stereocenters. The van der Waals surface area contributed by atoms with Crippen LogP contribution in [0.4, 0.5) is 10.1 Å². The predicted octanol–water partition coefficient (Wildman–Crippen LogP) is -0.520. The molecule has 0 bridgehead atoms. The number of anilines is 1. The SMILES string of the molecule is Cc1cc(N)cc(S(=O)(=O)NCC(N)=O)c1F. The van der Waals surface area contributed by atoms with Gasteiger partial charge in [0.15, 0.2) is 0 Å². The fourth-order valence-electron chi connectivity index (χ4n) is 1.20. The highest BCUT2D eigenvalue weighted by atomic mass is 32.2. The van der Waals surface area contributed by atoms with Gasteiger partial charge < -0.3 is 11.5 Å². The van der Waals surface area contributed by atoms with Crippen LogP contribution in [0.3, 0.4) is 0 Å². The lowest BCUT2D eigenvalue weighted by Gasteiger charge is -2.08. The van der Waals surface area contributed by atoms with Crippen molar-refractivity contribution in [2.45, 2.75) is 11.8 Å². The molecule has 0 aliphatic heterocycles. The second-order valence-electron chi connectivity index (χ2n) is 3.44. The zero-order valence-electron chi connectivity index (χ0n) is 9.03. The summed E-state index contributed by atoms with van der Waals surface area (Å²) in [5.74, 6) is -1.77. The lowest BCUT2D eigenvalue weighted by molar-refractivity contribution is -0.116. The average Bonchev–Trinajstić information content (AvgIpc) is 2.20. The number of hydrogen-bond donors (Lipinski definition) is 3. The van der Waals surface area contributed by atoms with E-state index in [9.17, 15) is 17.6 Å². The first-order valence-electron chi connectivity index (χ1n) is 4.57. The summed E-state index contributed by atoms with van der Waals surface area (Å²) in [6.45, 7) is 0.786. The number of amides is 1. The third kappa shape index (κ3) is 3.14. The van der Waals surface area contributed by atoms with Gasteiger partial charge in [0.25, 0.3) is 0 Å². The molecule has 1 aromatic rings. The van der Waals surface area contributed by atoms with Crippen LogP contribution in [0, 0.1) is 12.7 Å². The molecule has 0 aliphatic carbocycles. The Morgan fingerprint density at radius 1 is 1.47 bits per heavy atom. The van der Waals surface area contributed by atoms with E-state index in [4.69, 9.17) is 11.5 Å². The van der Waals surface area contributed by atoms with Crippen LogP contribution in [0.1, 0.15) is 5.56 Å². The van der Waals surface area contributed by atoms with E-state index in [1.54, 1.807) is 0 Å². The molecule has 1 rings (SSSR count). The van der Waals surface area contributed by atoms with Gasteiger partial charge in [0.1, 0.15) is 10.7 Å². The quantitative estimate of drug-likeness (QED) is 0.632. The number of nitrogens with two attached hydrogens (primary N) is 2. The van der Waals surface area contributed by atoms with Gasteiger partial charge in [-0.05, 0) is 24.6 Å². The maximum Gasteiger partial charge on any atom is 0.244 e. The Hall–Kier alpha value is -1.67. The van der Waals surface area contributed by atoms with Crippen LogP contribution in [0.5, 0.6) is 0 Å². The number of halogens is 1. The molecule has 0 saturated heterocycles. The van der Waals surface area contributed by atoms with Crippen LogP contribution in [0.25, 0.3) is 0 Å². The van der Waals surface area contributed by atoms with Crippen LogP contribution >= 0.6 is 0 Å². The minimum absolute atomic E-state index is 0.101. The zero-order chi connectivity index (χ0) is 13.2. The topological polar surface area (TPSA) is 115 Å². The number of aryl methyl sites for hydroxylation is 1. The highest BCUT2D eigenvalue weighted by Gasteiger charge is 2.21. The van der Waals surface area contributed by atoms with Crippen molar-refractivity contribution in [3.63, 3.8) is 0 Å². The number of primary amides is 1. The van der Waals surface area contributed by atoms with Crippen molar-refractivity contribution in [3.05, 3.63) is 23.5 Å². The van der Waals surface area contributed by atoms with E-state index in [-0.39, 0.29) is 11.3 Å². The molecule has 0 aromatic heterocycles. The highest BCUT2D eigenvalue weighted by molar-refractivity contribution is 7.89. The van der Waals surface area contributed by atoms with E-state index in [0.717, 1.165) is 6.07 Å². The molecule has 0 atom stereocenters. The molecule has 0 fully saturated rings. The number of sulfonamides is 1. The van der Waals surface area contributed by atoms with Crippen molar-refractivity contribution >= 4 is 21.6 Å². The molecule has 6 nitrogen and oxygen atoms in total. The van der Waals surface area contributed by atoms with Gasteiger partial charge in [0, 0.05) is 5.69 Å². The standard InChI is InChI=1S/C9H12FN3O3S/c1-5-2-6(11)3-7(9(5)10)17(15,16)13-4-8(12)14/h2-3,13H,4,11H2,1H3,(H2,12,14). The molecule has 1 aromatic carbocycles. The van der Waals surface area contributed by atoms with Gasteiger partial charge in [0.05, 0.1) is 6.54 Å². The molecule has 5 N–H and O–H groups in total. The highest BCUT2D eigenvalue weighted by Crippen LogP contribution is 2.21. The van der Waals surface area contributed by atoms with Crippen molar-refractivity contribution in [1.82, 2.24) is 4.72 Å². The first-order chi connectivity index (χ1) is 7.74. The molecule has 8 heteroatoms. The Labute approximate surface area is 97.8 Å². The number of carbonyl (C=O) groups is 1. The summed E-state index contributed by atoms with van der Waals surface area (Å²) in [4.78, 5) is 9.87. The molecule has 0 aliphatic rings. The molecule has 0 radical (unpaired) electrons. The molecular formula is C9H12FN3O3S. The maximum atomic E-state index is 13.6. The molecule has 94 valence electrons. The summed E-state index contributed by atoms with van der Waals surface area (Å²) in [5, 5.41) is 0. The van der Waals surface area contributed by atoms with E-state index in [1.807, 2.05) is 4.72 Å². The minimum Gasteiger partial charge on any atom is -0.399 e. The summed E-state index contributed by atoms with van der Waals surface area (Å²) < 4.78 is 38.8. The van der Waals surface area contributed by atoms with Crippen molar-refractivity contribution in [3.8, 4) is 0 Å². The van der Waals surface area contributed by atoms with Crippen LogP contribution < -0.4 is 16.2 Å². The average molecular weight is 261 g/mol. The number of nitrogens with one attached hydrogen (secondary N) is 1. The molecule has 0 heterocycles. The summed E-state index contributed by atoms with van der Waals surface area (Å²) in [6, 6.07) is 2.29. The maximum absolute atomic E-state index is 13.6. The van der Waals surface area contributed by atoms with Crippen LogP contribution in [-0.4, -0.2) is 20.9 Å². The van der Waals surface area contributed by atoms with E-state index >= 15 is 0 Å². The van der Waals surface area contributed by atoms with Gasteiger partial charge in [0.2, 0.25) is 15.9 Å². The molecule has 17 heavy (non-hydrogen) atoms. The van der Waals surface area contributed by atoms with Gasteiger partial charge in [-0.3, -0.25) is 4.79 Å². The van der Waals surface area contributed by atoms with Gasteiger partial charge >= 0.3 is 0 Å². The van der Waals surface area contributed by atoms with Crippen LogP contribution in [0.2, 0.25) is 0 Å². The first-order valence-corrected chi connectivity index (χ1v) is 6.06. The summed E-state index contributed by atoms with van der Waals surface area (Å²) in [6.07, 6.45) is 0. The van der Waals surface area contributed by atoms with E-state index < -0.39 is 33.2 Å². The number of nitrogen functional groups attached to an aromatic ring is 1. The lowest BCUT2D eigenvalue weighted by atomic mass is 10.2. The molecular weight excluding hydrogens is 249 g/mol.